The molecule has 1 saturated heterocycles. The Morgan fingerprint density at radius 2 is 1.95 bits per heavy atom. The number of aromatic hydroxyl groups is 1. The van der Waals surface area contributed by atoms with Crippen LogP contribution >= 0.6 is 52.3 Å². The summed E-state index contributed by atoms with van der Waals surface area (Å²) in [5.41, 5.74) is 0.579. The van der Waals surface area contributed by atoms with Crippen molar-refractivity contribution in [3.05, 3.63) is 27.2 Å². The molecule has 8 heteroatoms. The monoisotopic (exact) mass is 408 g/mol. The summed E-state index contributed by atoms with van der Waals surface area (Å²) in [5.74, 6) is 0.0312. The van der Waals surface area contributed by atoms with E-state index in [2.05, 4.69) is 21.2 Å². The first-order chi connectivity index (χ1) is 8.65. The molecule has 2 rings (SSSR count). The summed E-state index contributed by atoms with van der Waals surface area (Å²) in [6.45, 7) is 2.70. The Bertz CT molecular complexity index is 433. The van der Waals surface area contributed by atoms with E-state index < -0.39 is 12.7 Å². The van der Waals surface area contributed by atoms with Crippen molar-refractivity contribution < 1.29 is 9.50 Å². The Kier molecular flexibility index (Phi) is 9.38. The molecule has 0 unspecified atom stereocenters. The fraction of sp³-hybridized carbons (Fsp3) is 0.500. The first-order valence-electron chi connectivity index (χ1n) is 5.82. The van der Waals surface area contributed by atoms with Crippen molar-refractivity contribution in [2.45, 2.75) is 6.04 Å². The van der Waals surface area contributed by atoms with Gasteiger partial charge in [-0.05, 0) is 22.0 Å². The molecule has 0 aromatic heterocycles. The molecule has 3 nitrogen and oxygen atoms in total. The van der Waals surface area contributed by atoms with Crippen LogP contribution in [-0.4, -0.2) is 42.9 Å². The Labute approximate surface area is 143 Å². The van der Waals surface area contributed by atoms with Crippen molar-refractivity contribution >= 4 is 52.3 Å². The van der Waals surface area contributed by atoms with Gasteiger partial charge in [-0.25, -0.2) is 4.39 Å². The summed E-state index contributed by atoms with van der Waals surface area (Å²) >= 11 is 9.11. The van der Waals surface area contributed by atoms with Crippen LogP contribution in [0.25, 0.3) is 0 Å². The Balaban J connectivity index is 0.00000180. The molecule has 116 valence electrons. The third-order valence-corrected chi connectivity index (χ3v) is 4.54. The van der Waals surface area contributed by atoms with E-state index in [1.165, 1.54) is 0 Å². The number of halogens is 5. The van der Waals surface area contributed by atoms with Crippen LogP contribution in [0.2, 0.25) is 5.02 Å². The van der Waals surface area contributed by atoms with Gasteiger partial charge in [0.15, 0.2) is 0 Å². The predicted molar refractivity (Wildman–Crippen MR) is 88.5 cm³/mol. The SMILES string of the molecule is Cl.Cl.Oc1c([C@@H](CF)N2CCNCC2)ccc(Cl)c1Br. The van der Waals surface area contributed by atoms with Crippen molar-refractivity contribution in [1.29, 1.82) is 0 Å². The van der Waals surface area contributed by atoms with Gasteiger partial charge in [-0.15, -0.1) is 24.8 Å². The molecule has 0 aliphatic carbocycles. The zero-order valence-electron chi connectivity index (χ0n) is 10.6. The first kappa shape index (κ1) is 20.2. The van der Waals surface area contributed by atoms with E-state index in [9.17, 15) is 9.50 Å². The average molecular weight is 411 g/mol. The average Bonchev–Trinajstić information content (AvgIpc) is 2.41. The second kappa shape index (κ2) is 9.28. The third kappa shape index (κ3) is 4.36. The highest BCUT2D eigenvalue weighted by Crippen LogP contribution is 2.39. The molecule has 2 N–H and O–H groups in total. The zero-order chi connectivity index (χ0) is 13.1. The van der Waals surface area contributed by atoms with E-state index in [0.717, 1.165) is 26.2 Å². The van der Waals surface area contributed by atoms with Gasteiger partial charge in [-0.2, -0.15) is 0 Å². The van der Waals surface area contributed by atoms with Crippen molar-refractivity contribution in [3.63, 3.8) is 0 Å². The van der Waals surface area contributed by atoms with Gasteiger partial charge in [0.1, 0.15) is 12.4 Å². The van der Waals surface area contributed by atoms with Gasteiger partial charge in [0.25, 0.3) is 0 Å². The van der Waals surface area contributed by atoms with Crippen LogP contribution in [-0.2, 0) is 0 Å². The Morgan fingerprint density at radius 1 is 1.35 bits per heavy atom. The molecule has 0 spiro atoms. The summed E-state index contributed by atoms with van der Waals surface area (Å²) in [4.78, 5) is 2.03. The minimum atomic E-state index is -0.526. The molecule has 0 amide bonds. The summed E-state index contributed by atoms with van der Waals surface area (Å²) in [6, 6.07) is 2.95. The summed E-state index contributed by atoms with van der Waals surface area (Å²) in [6.07, 6.45) is 0. The molecule has 0 radical (unpaired) electrons. The number of benzene rings is 1. The molecule has 1 aliphatic heterocycles. The highest BCUT2D eigenvalue weighted by molar-refractivity contribution is 9.10. The quantitative estimate of drug-likeness (QED) is 0.800. The second-order valence-corrected chi connectivity index (χ2v) is 5.46. The van der Waals surface area contributed by atoms with Gasteiger partial charge in [0, 0.05) is 31.7 Å². The number of alkyl halides is 1. The Hall–Kier alpha value is 0.220. The van der Waals surface area contributed by atoms with Crippen LogP contribution < -0.4 is 5.32 Å². The normalized spacial score (nSPS) is 16.9. The van der Waals surface area contributed by atoms with Crippen LogP contribution in [0, 0.1) is 0 Å². The van der Waals surface area contributed by atoms with Crippen molar-refractivity contribution in [2.24, 2.45) is 0 Å². The number of piperazine rings is 1. The van der Waals surface area contributed by atoms with Crippen LogP contribution in [0.5, 0.6) is 5.75 Å². The van der Waals surface area contributed by atoms with E-state index >= 15 is 0 Å². The van der Waals surface area contributed by atoms with Gasteiger partial charge in [0.05, 0.1) is 15.5 Å². The third-order valence-electron chi connectivity index (χ3n) is 3.20. The predicted octanol–water partition coefficient (Wildman–Crippen LogP) is 3.57. The smallest absolute Gasteiger partial charge is 0.136 e. The van der Waals surface area contributed by atoms with E-state index in [-0.39, 0.29) is 30.6 Å². The largest absolute Gasteiger partial charge is 0.506 e. The number of rotatable bonds is 3. The lowest BCUT2D eigenvalue weighted by Gasteiger charge is -2.34. The fourth-order valence-electron chi connectivity index (χ4n) is 2.19. The van der Waals surface area contributed by atoms with Crippen LogP contribution in [0.4, 0.5) is 4.39 Å². The molecular weight excluding hydrogens is 393 g/mol. The van der Waals surface area contributed by atoms with E-state index in [1.54, 1.807) is 12.1 Å². The maximum Gasteiger partial charge on any atom is 0.136 e. The molecule has 0 saturated carbocycles. The van der Waals surface area contributed by atoms with Gasteiger partial charge in [-0.3, -0.25) is 4.90 Å². The minimum Gasteiger partial charge on any atom is -0.506 e. The Morgan fingerprint density at radius 3 is 2.50 bits per heavy atom. The number of phenolic OH excluding ortho intramolecular Hbond substituents is 1. The molecule has 20 heavy (non-hydrogen) atoms. The molecule has 1 aromatic carbocycles. The van der Waals surface area contributed by atoms with E-state index in [1.807, 2.05) is 4.90 Å². The lowest BCUT2D eigenvalue weighted by Crippen LogP contribution is -2.45. The summed E-state index contributed by atoms with van der Waals surface area (Å²) < 4.78 is 13.7. The van der Waals surface area contributed by atoms with Crippen LogP contribution in [0.1, 0.15) is 11.6 Å². The molecular formula is C12H17BrCl3FN2O. The summed E-state index contributed by atoms with van der Waals surface area (Å²) in [5, 5.41) is 13.7. The lowest BCUT2D eigenvalue weighted by molar-refractivity contribution is 0.145. The topological polar surface area (TPSA) is 35.5 Å². The van der Waals surface area contributed by atoms with Crippen molar-refractivity contribution in [2.75, 3.05) is 32.9 Å². The highest BCUT2D eigenvalue weighted by atomic mass is 79.9. The molecule has 1 aromatic rings. The molecule has 1 atom stereocenters. The van der Waals surface area contributed by atoms with E-state index in [0.29, 0.717) is 15.1 Å². The maximum absolute atomic E-state index is 13.3. The van der Waals surface area contributed by atoms with Gasteiger partial charge < -0.3 is 10.4 Å². The minimum absolute atomic E-state index is 0. The first-order valence-corrected chi connectivity index (χ1v) is 7.00. The number of nitrogens with zero attached hydrogens (tertiary/aromatic N) is 1. The highest BCUT2D eigenvalue weighted by Gasteiger charge is 2.25. The molecule has 1 heterocycles. The van der Waals surface area contributed by atoms with Crippen LogP contribution in [0.15, 0.2) is 16.6 Å². The van der Waals surface area contributed by atoms with Gasteiger partial charge >= 0.3 is 0 Å². The standard InChI is InChI=1S/C12H15BrClFN2O.2ClH/c13-11-9(14)2-1-8(12(11)18)10(7-15)17-5-3-16-4-6-17;;/h1-2,10,16,18H,3-7H2;2*1H/t10-;;/m1../s1. The van der Waals surface area contributed by atoms with Crippen molar-refractivity contribution in [3.8, 4) is 5.75 Å². The molecule has 1 fully saturated rings. The zero-order valence-corrected chi connectivity index (χ0v) is 14.6. The lowest BCUT2D eigenvalue weighted by atomic mass is 10.0. The number of nitrogens with one attached hydrogen (secondary N) is 1. The van der Waals surface area contributed by atoms with E-state index in [4.69, 9.17) is 11.6 Å². The van der Waals surface area contributed by atoms with Crippen LogP contribution in [0.3, 0.4) is 0 Å². The van der Waals surface area contributed by atoms with Gasteiger partial charge in [0.2, 0.25) is 0 Å². The second-order valence-electron chi connectivity index (χ2n) is 4.26. The fourth-order valence-corrected chi connectivity index (χ4v) is 2.71. The number of hydrogen-bond donors (Lipinski definition) is 2. The van der Waals surface area contributed by atoms with Crippen molar-refractivity contribution in [1.82, 2.24) is 10.2 Å². The number of hydrogen-bond acceptors (Lipinski definition) is 3. The van der Waals surface area contributed by atoms with Gasteiger partial charge in [-0.1, -0.05) is 17.7 Å². The molecule has 0 bridgehead atoms. The maximum atomic E-state index is 13.3. The molecule has 1 aliphatic rings. The number of phenols is 1. The summed E-state index contributed by atoms with van der Waals surface area (Å²) in [7, 11) is 0.